The molecule has 0 spiro atoms. The fraction of sp³-hybridized carbons (Fsp3) is 0.211. The Balaban J connectivity index is 1.78. The van der Waals surface area contributed by atoms with E-state index < -0.39 is 11.4 Å². The number of rotatable bonds is 6. The summed E-state index contributed by atoms with van der Waals surface area (Å²) in [6, 6.07) is 14.2. The molecule has 0 saturated heterocycles. The number of anilines is 2. The fourth-order valence-corrected chi connectivity index (χ4v) is 2.48. The average molecular weight is 353 g/mol. The maximum absolute atomic E-state index is 10.9. The molecule has 3 aromatic rings. The highest BCUT2D eigenvalue weighted by Gasteiger charge is 2.29. The number of hydrogen-bond acceptors (Lipinski definition) is 6. The lowest BCUT2D eigenvalue weighted by atomic mass is 9.84. The molecule has 3 rings (SSSR count). The third-order valence-corrected chi connectivity index (χ3v) is 4.15. The lowest BCUT2D eigenvalue weighted by Gasteiger charge is -2.20. The van der Waals surface area contributed by atoms with Crippen LogP contribution in [0.4, 0.5) is 11.7 Å². The molecule has 7 nitrogen and oxygen atoms in total. The second-order valence-electron chi connectivity index (χ2n) is 6.27. The van der Waals surface area contributed by atoms with Crippen molar-refractivity contribution in [3.8, 4) is 5.75 Å². The van der Waals surface area contributed by atoms with Gasteiger partial charge in [0.25, 0.3) is 0 Å². The third kappa shape index (κ3) is 3.51. The molecule has 0 radical (unpaired) electrons. The molecule has 0 atom stereocenters. The third-order valence-electron chi connectivity index (χ3n) is 4.15. The summed E-state index contributed by atoms with van der Waals surface area (Å²) in [5, 5.41) is 20.1. The molecule has 0 fully saturated rings. The zero-order chi connectivity index (χ0) is 18.7. The smallest absolute Gasteiger partial charge is 0.335 e. The van der Waals surface area contributed by atoms with E-state index in [-0.39, 0.29) is 11.6 Å². The van der Waals surface area contributed by atoms with Crippen molar-refractivity contribution in [1.82, 2.24) is 10.2 Å². The molecule has 2 N–H and O–H groups in total. The van der Waals surface area contributed by atoms with Gasteiger partial charge in [-0.05, 0) is 55.8 Å². The molecule has 0 unspecified atom stereocenters. The zero-order valence-corrected chi connectivity index (χ0v) is 14.7. The Morgan fingerprint density at radius 1 is 1.08 bits per heavy atom. The van der Waals surface area contributed by atoms with Crippen molar-refractivity contribution in [3.63, 3.8) is 0 Å². The molecule has 7 heteroatoms. The van der Waals surface area contributed by atoms with Crippen LogP contribution in [-0.2, 0) is 5.41 Å². The Morgan fingerprint density at radius 3 is 2.31 bits per heavy atom. The van der Waals surface area contributed by atoms with Gasteiger partial charge in [-0.25, -0.2) is 4.79 Å². The number of ether oxygens (including phenoxy) is 1. The number of carboxylic acids is 1. The Morgan fingerprint density at radius 2 is 1.73 bits per heavy atom. The SMILES string of the molecule is COc1ccc(C(C)(C)c2nnc(Nc3ccc(C(=O)O)cc3)o2)cc1. The largest absolute Gasteiger partial charge is 0.497 e. The molecule has 134 valence electrons. The van der Waals surface area contributed by atoms with Crippen LogP contribution in [0.2, 0.25) is 0 Å². The number of benzene rings is 2. The van der Waals surface area contributed by atoms with Crippen LogP contribution in [0.1, 0.15) is 35.7 Å². The predicted molar refractivity (Wildman–Crippen MR) is 96.1 cm³/mol. The minimum atomic E-state index is -0.974. The summed E-state index contributed by atoms with van der Waals surface area (Å²) in [5.74, 6) is 0.271. The van der Waals surface area contributed by atoms with E-state index in [1.165, 1.54) is 12.1 Å². The van der Waals surface area contributed by atoms with Crippen molar-refractivity contribution in [2.45, 2.75) is 19.3 Å². The Hall–Kier alpha value is -3.35. The van der Waals surface area contributed by atoms with E-state index in [2.05, 4.69) is 15.5 Å². The van der Waals surface area contributed by atoms with Crippen LogP contribution in [0, 0.1) is 0 Å². The van der Waals surface area contributed by atoms with E-state index in [1.54, 1.807) is 19.2 Å². The maximum Gasteiger partial charge on any atom is 0.335 e. The second kappa shape index (κ2) is 6.87. The molecule has 1 heterocycles. The first-order valence-corrected chi connectivity index (χ1v) is 7.99. The highest BCUT2D eigenvalue weighted by Crippen LogP contribution is 2.32. The minimum Gasteiger partial charge on any atom is -0.497 e. The van der Waals surface area contributed by atoms with Gasteiger partial charge in [0.05, 0.1) is 18.1 Å². The van der Waals surface area contributed by atoms with Crippen LogP contribution >= 0.6 is 0 Å². The van der Waals surface area contributed by atoms with Crippen molar-refractivity contribution >= 4 is 17.7 Å². The van der Waals surface area contributed by atoms with Gasteiger partial charge in [-0.2, -0.15) is 0 Å². The van der Waals surface area contributed by atoms with Gasteiger partial charge >= 0.3 is 12.0 Å². The summed E-state index contributed by atoms with van der Waals surface area (Å²) in [4.78, 5) is 10.9. The summed E-state index contributed by atoms with van der Waals surface area (Å²) in [6.07, 6.45) is 0. The van der Waals surface area contributed by atoms with Crippen molar-refractivity contribution in [3.05, 3.63) is 65.5 Å². The van der Waals surface area contributed by atoms with Gasteiger partial charge in [-0.3, -0.25) is 0 Å². The van der Waals surface area contributed by atoms with Crippen molar-refractivity contribution in [2.24, 2.45) is 0 Å². The van der Waals surface area contributed by atoms with Crippen LogP contribution in [0.5, 0.6) is 5.75 Å². The first kappa shape index (κ1) is 17.5. The van der Waals surface area contributed by atoms with Crippen LogP contribution in [0.15, 0.2) is 52.9 Å². The number of aromatic nitrogens is 2. The number of nitrogens with zero attached hydrogens (tertiary/aromatic N) is 2. The fourth-order valence-electron chi connectivity index (χ4n) is 2.48. The molecule has 0 aliphatic carbocycles. The van der Waals surface area contributed by atoms with Gasteiger partial charge < -0.3 is 19.6 Å². The van der Waals surface area contributed by atoms with E-state index in [4.69, 9.17) is 14.3 Å². The van der Waals surface area contributed by atoms with Crippen LogP contribution < -0.4 is 10.1 Å². The van der Waals surface area contributed by atoms with E-state index in [0.717, 1.165) is 11.3 Å². The standard InChI is InChI=1S/C19H19N3O4/c1-19(2,13-6-10-15(25-3)11-7-13)17-21-22-18(26-17)20-14-8-4-12(5-9-14)16(23)24/h4-11H,1-3H3,(H,20,22)(H,23,24). The van der Waals surface area contributed by atoms with Gasteiger partial charge in [0, 0.05) is 5.69 Å². The monoisotopic (exact) mass is 353 g/mol. The van der Waals surface area contributed by atoms with Gasteiger partial charge in [-0.15, -0.1) is 5.10 Å². The summed E-state index contributed by atoms with van der Waals surface area (Å²) in [5.41, 5.74) is 1.40. The van der Waals surface area contributed by atoms with Gasteiger partial charge in [-0.1, -0.05) is 17.2 Å². The lowest BCUT2D eigenvalue weighted by molar-refractivity contribution is 0.0697. The highest BCUT2D eigenvalue weighted by atomic mass is 16.5. The summed E-state index contributed by atoms with van der Waals surface area (Å²) >= 11 is 0. The van der Waals surface area contributed by atoms with E-state index in [1.807, 2.05) is 38.1 Å². The molecule has 0 amide bonds. The van der Waals surface area contributed by atoms with Crippen molar-refractivity contribution in [2.75, 3.05) is 12.4 Å². The zero-order valence-electron chi connectivity index (χ0n) is 14.7. The normalized spacial score (nSPS) is 11.2. The Bertz CT molecular complexity index is 899. The summed E-state index contributed by atoms with van der Waals surface area (Å²) in [6.45, 7) is 3.99. The minimum absolute atomic E-state index is 0.211. The Labute approximate surface area is 150 Å². The lowest BCUT2D eigenvalue weighted by Crippen LogP contribution is -2.19. The summed E-state index contributed by atoms with van der Waals surface area (Å²) < 4.78 is 10.9. The summed E-state index contributed by atoms with van der Waals surface area (Å²) in [7, 11) is 1.62. The number of nitrogens with one attached hydrogen (secondary N) is 1. The second-order valence-corrected chi connectivity index (χ2v) is 6.27. The van der Waals surface area contributed by atoms with E-state index >= 15 is 0 Å². The van der Waals surface area contributed by atoms with E-state index in [0.29, 0.717) is 11.6 Å². The number of methoxy groups -OCH3 is 1. The van der Waals surface area contributed by atoms with Crippen LogP contribution in [0.3, 0.4) is 0 Å². The molecule has 0 bridgehead atoms. The molecule has 26 heavy (non-hydrogen) atoms. The Kier molecular flexibility index (Phi) is 4.62. The number of carboxylic acid groups (broad SMARTS) is 1. The van der Waals surface area contributed by atoms with Crippen molar-refractivity contribution in [1.29, 1.82) is 0 Å². The quantitative estimate of drug-likeness (QED) is 0.694. The van der Waals surface area contributed by atoms with Gasteiger partial charge in [0.1, 0.15) is 5.75 Å². The molecule has 0 saturated carbocycles. The van der Waals surface area contributed by atoms with Gasteiger partial charge in [0.15, 0.2) is 0 Å². The molecular weight excluding hydrogens is 334 g/mol. The van der Waals surface area contributed by atoms with Crippen LogP contribution in [-0.4, -0.2) is 28.4 Å². The first-order valence-electron chi connectivity index (χ1n) is 7.99. The predicted octanol–water partition coefficient (Wildman–Crippen LogP) is 3.85. The molecule has 2 aromatic carbocycles. The topological polar surface area (TPSA) is 97.5 Å². The molecule has 0 aliphatic heterocycles. The molecule has 1 aromatic heterocycles. The number of aromatic carboxylic acids is 1. The highest BCUT2D eigenvalue weighted by molar-refractivity contribution is 5.88. The number of hydrogen-bond donors (Lipinski definition) is 2. The molecular formula is C19H19N3O4. The van der Waals surface area contributed by atoms with Crippen molar-refractivity contribution < 1.29 is 19.1 Å². The first-order chi connectivity index (χ1) is 12.4. The average Bonchev–Trinajstić information content (AvgIpc) is 3.11. The van der Waals surface area contributed by atoms with Crippen LogP contribution in [0.25, 0.3) is 0 Å². The van der Waals surface area contributed by atoms with E-state index in [9.17, 15) is 4.79 Å². The maximum atomic E-state index is 10.9. The molecule has 0 aliphatic rings. The van der Waals surface area contributed by atoms with Gasteiger partial charge in [0.2, 0.25) is 5.89 Å². The number of carbonyl (C=O) groups is 1.